The summed E-state index contributed by atoms with van der Waals surface area (Å²) in [5, 5.41) is 14.7. The van der Waals surface area contributed by atoms with Crippen molar-refractivity contribution < 1.29 is 14.3 Å². The van der Waals surface area contributed by atoms with Crippen LogP contribution >= 0.6 is 0 Å². The fourth-order valence-corrected chi connectivity index (χ4v) is 4.67. The maximum absolute atomic E-state index is 10.6. The molecule has 1 saturated heterocycles. The molecule has 7 heteroatoms. The third-order valence-corrected chi connectivity index (χ3v) is 6.54. The maximum Gasteiger partial charge on any atom is 0.175 e. The maximum atomic E-state index is 10.6. The Bertz CT molecular complexity index is 1460. The molecule has 1 unspecified atom stereocenters. The van der Waals surface area contributed by atoms with Crippen LogP contribution in [0, 0.1) is 5.92 Å². The number of nitrogens with zero attached hydrogens (tertiary/aromatic N) is 3. The summed E-state index contributed by atoms with van der Waals surface area (Å²) in [7, 11) is 0. The summed E-state index contributed by atoms with van der Waals surface area (Å²) >= 11 is 0. The van der Waals surface area contributed by atoms with Crippen LogP contribution in [-0.4, -0.2) is 33.3 Å². The largest absolute Gasteiger partial charge is 0.452 e. The van der Waals surface area contributed by atoms with Gasteiger partial charge in [-0.15, -0.1) is 0 Å². The number of aliphatic hydroxyl groups excluding tert-OH is 1. The van der Waals surface area contributed by atoms with Crippen molar-refractivity contribution in [2.75, 3.05) is 18.5 Å². The highest BCUT2D eigenvalue weighted by atomic mass is 16.5. The summed E-state index contributed by atoms with van der Waals surface area (Å²) in [5.74, 6) is 1.15. The molecule has 6 rings (SSSR count). The highest BCUT2D eigenvalue weighted by Crippen LogP contribution is 2.33. The van der Waals surface area contributed by atoms with E-state index in [0.29, 0.717) is 17.3 Å². The number of fused-ring (bicyclic) bond motifs is 3. The van der Waals surface area contributed by atoms with E-state index >= 15 is 0 Å². The van der Waals surface area contributed by atoms with Gasteiger partial charge in [0.15, 0.2) is 17.6 Å². The minimum absolute atomic E-state index is 0.505. The lowest BCUT2D eigenvalue weighted by Crippen LogP contribution is -2.18. The number of benzene rings is 2. The third-order valence-electron chi connectivity index (χ3n) is 6.54. The summed E-state index contributed by atoms with van der Waals surface area (Å²) in [6.07, 6.45) is 5.32. The van der Waals surface area contributed by atoms with Crippen LogP contribution in [0.25, 0.3) is 33.5 Å². The van der Waals surface area contributed by atoms with E-state index in [-0.39, 0.29) is 0 Å². The number of anilines is 1. The van der Waals surface area contributed by atoms with Crippen LogP contribution < -0.4 is 5.32 Å². The highest BCUT2D eigenvalue weighted by Gasteiger charge is 2.21. The van der Waals surface area contributed by atoms with Gasteiger partial charge in [0.05, 0.1) is 5.69 Å². The lowest BCUT2D eigenvalue weighted by atomic mass is 9.94. The molecule has 3 aromatic heterocycles. The average Bonchev–Trinajstić information content (AvgIpc) is 3.29. The molecule has 0 radical (unpaired) electrons. The molecule has 0 bridgehead atoms. The van der Waals surface area contributed by atoms with Gasteiger partial charge in [-0.25, -0.2) is 9.97 Å². The molecule has 0 saturated carbocycles. The molecular weight excluding hydrogens is 440 g/mol. The molecule has 5 aromatic rings. The predicted octanol–water partition coefficient (Wildman–Crippen LogP) is 5.51. The second-order valence-electron chi connectivity index (χ2n) is 8.94. The van der Waals surface area contributed by atoms with Crippen LogP contribution in [0.3, 0.4) is 0 Å². The Hall–Kier alpha value is -3.81. The van der Waals surface area contributed by atoms with Crippen molar-refractivity contribution in [3.05, 3.63) is 84.3 Å². The first-order valence-electron chi connectivity index (χ1n) is 12.0. The first-order valence-corrected chi connectivity index (χ1v) is 12.0. The zero-order chi connectivity index (χ0) is 23.6. The Kier molecular flexibility index (Phi) is 5.86. The van der Waals surface area contributed by atoms with E-state index in [4.69, 9.17) is 19.1 Å². The lowest BCUT2D eigenvalue weighted by Gasteiger charge is -2.21. The second kappa shape index (κ2) is 9.44. The van der Waals surface area contributed by atoms with Crippen LogP contribution in [-0.2, 0) is 11.2 Å². The van der Waals surface area contributed by atoms with E-state index in [1.807, 2.05) is 54.6 Å². The molecule has 0 aliphatic carbocycles. The van der Waals surface area contributed by atoms with Gasteiger partial charge in [-0.3, -0.25) is 4.98 Å². The number of ether oxygens (including phenoxy) is 1. The van der Waals surface area contributed by atoms with Crippen molar-refractivity contribution >= 4 is 27.8 Å². The Morgan fingerprint density at radius 2 is 1.89 bits per heavy atom. The smallest absolute Gasteiger partial charge is 0.175 e. The molecule has 1 fully saturated rings. The topological polar surface area (TPSA) is 93.3 Å². The molecule has 2 aromatic carbocycles. The standard InChI is InChI=1S/C28H26N4O3/c33-28(20-6-4-12-29-17-20)30-21-7-3-5-19(16-21)27-31-23(15-18-10-13-34-14-11-18)26-25(32-27)22-8-1-2-9-24(22)35-26/h1-9,12,16-18,28,30,33H,10-11,13-15H2. The zero-order valence-corrected chi connectivity index (χ0v) is 19.2. The molecule has 1 aliphatic rings. The van der Waals surface area contributed by atoms with Crippen molar-refractivity contribution in [3.63, 3.8) is 0 Å². The number of para-hydroxylation sites is 1. The normalized spacial score (nSPS) is 15.5. The van der Waals surface area contributed by atoms with E-state index in [9.17, 15) is 5.11 Å². The molecule has 35 heavy (non-hydrogen) atoms. The van der Waals surface area contributed by atoms with Crippen molar-refractivity contribution in [3.8, 4) is 11.4 Å². The number of hydrogen-bond donors (Lipinski definition) is 2. The van der Waals surface area contributed by atoms with E-state index in [0.717, 1.165) is 71.5 Å². The Morgan fingerprint density at radius 3 is 2.74 bits per heavy atom. The Labute approximate surface area is 202 Å². The molecule has 1 aliphatic heterocycles. The van der Waals surface area contributed by atoms with Crippen molar-refractivity contribution in [2.45, 2.75) is 25.5 Å². The number of hydrogen-bond acceptors (Lipinski definition) is 7. The fraction of sp³-hybridized carbons (Fsp3) is 0.250. The zero-order valence-electron chi connectivity index (χ0n) is 19.2. The number of pyridine rings is 1. The first-order chi connectivity index (χ1) is 17.2. The van der Waals surface area contributed by atoms with E-state index in [1.165, 1.54) is 0 Å². The van der Waals surface area contributed by atoms with Crippen molar-refractivity contribution in [1.29, 1.82) is 0 Å². The SMILES string of the molecule is OC(Nc1cccc(-c2nc(CC3CCOCC3)c3oc4ccccc4c3n2)c1)c1cccnc1. The van der Waals surface area contributed by atoms with Gasteiger partial charge in [-0.05, 0) is 55.5 Å². The number of rotatable bonds is 6. The summed E-state index contributed by atoms with van der Waals surface area (Å²) in [5.41, 5.74) is 5.68. The highest BCUT2D eigenvalue weighted by molar-refractivity contribution is 6.03. The van der Waals surface area contributed by atoms with Gasteiger partial charge in [-0.2, -0.15) is 0 Å². The summed E-state index contributed by atoms with van der Waals surface area (Å²) in [6, 6.07) is 19.4. The lowest BCUT2D eigenvalue weighted by molar-refractivity contribution is 0.0663. The van der Waals surface area contributed by atoms with Gasteiger partial charge in [0.2, 0.25) is 0 Å². The molecule has 176 valence electrons. The third kappa shape index (κ3) is 4.48. The Morgan fingerprint density at radius 1 is 1.00 bits per heavy atom. The van der Waals surface area contributed by atoms with E-state index in [2.05, 4.69) is 10.3 Å². The molecule has 2 N–H and O–H groups in total. The van der Waals surface area contributed by atoms with Crippen LogP contribution in [0.4, 0.5) is 5.69 Å². The minimum Gasteiger partial charge on any atom is -0.452 e. The van der Waals surface area contributed by atoms with E-state index in [1.54, 1.807) is 18.5 Å². The van der Waals surface area contributed by atoms with Gasteiger partial charge in [-0.1, -0.05) is 30.3 Å². The quantitative estimate of drug-likeness (QED) is 0.319. The average molecular weight is 467 g/mol. The molecule has 1 atom stereocenters. The van der Waals surface area contributed by atoms with Crippen LogP contribution in [0.2, 0.25) is 0 Å². The fourth-order valence-electron chi connectivity index (χ4n) is 4.67. The van der Waals surface area contributed by atoms with Gasteiger partial charge in [0.25, 0.3) is 0 Å². The molecule has 4 heterocycles. The molecule has 7 nitrogen and oxygen atoms in total. The first kappa shape index (κ1) is 21.7. The van der Waals surface area contributed by atoms with Crippen molar-refractivity contribution in [2.24, 2.45) is 5.92 Å². The van der Waals surface area contributed by atoms with Gasteiger partial charge < -0.3 is 19.6 Å². The molecule has 0 spiro atoms. The number of furan rings is 1. The van der Waals surface area contributed by atoms with Crippen LogP contribution in [0.1, 0.15) is 30.3 Å². The number of aliphatic hydroxyl groups is 1. The second-order valence-corrected chi connectivity index (χ2v) is 8.94. The van der Waals surface area contributed by atoms with E-state index < -0.39 is 6.23 Å². The van der Waals surface area contributed by atoms with Gasteiger partial charge in [0, 0.05) is 47.8 Å². The summed E-state index contributed by atoms with van der Waals surface area (Å²) < 4.78 is 11.8. The monoisotopic (exact) mass is 466 g/mol. The summed E-state index contributed by atoms with van der Waals surface area (Å²) in [6.45, 7) is 1.58. The summed E-state index contributed by atoms with van der Waals surface area (Å²) in [4.78, 5) is 14.0. The number of nitrogens with one attached hydrogen (secondary N) is 1. The molecule has 0 amide bonds. The van der Waals surface area contributed by atoms with Gasteiger partial charge >= 0.3 is 0 Å². The molecular formula is C28H26N4O3. The Balaban J connectivity index is 1.39. The minimum atomic E-state index is -0.871. The predicted molar refractivity (Wildman–Crippen MR) is 135 cm³/mol. The van der Waals surface area contributed by atoms with Crippen LogP contribution in [0.5, 0.6) is 0 Å². The number of aromatic nitrogens is 3. The van der Waals surface area contributed by atoms with Gasteiger partial charge in [0.1, 0.15) is 11.1 Å². The van der Waals surface area contributed by atoms with Crippen molar-refractivity contribution in [1.82, 2.24) is 15.0 Å². The van der Waals surface area contributed by atoms with Crippen LogP contribution in [0.15, 0.2) is 77.5 Å².